The lowest BCUT2D eigenvalue weighted by atomic mass is 9.96. The van der Waals surface area contributed by atoms with Crippen LogP contribution in [0.15, 0.2) is 50.8 Å². The molecular weight excluding hydrogens is 472 g/mol. The van der Waals surface area contributed by atoms with E-state index in [0.29, 0.717) is 36.8 Å². The zero-order chi connectivity index (χ0) is 20.9. The summed E-state index contributed by atoms with van der Waals surface area (Å²) in [6, 6.07) is 10.9. The molecule has 156 valence electrons. The van der Waals surface area contributed by atoms with E-state index in [1.165, 1.54) is 11.3 Å². The number of ether oxygens (including phenoxy) is 1. The highest BCUT2D eigenvalue weighted by molar-refractivity contribution is 9.10. The summed E-state index contributed by atoms with van der Waals surface area (Å²) in [5.74, 6) is 1.17. The molecule has 3 heterocycles. The first kappa shape index (κ1) is 20.5. The number of likely N-dealkylation sites (tertiary alicyclic amines) is 1. The highest BCUT2D eigenvalue weighted by Crippen LogP contribution is 2.23. The molecule has 4 rings (SSSR count). The van der Waals surface area contributed by atoms with Crippen LogP contribution in [-0.4, -0.2) is 40.0 Å². The molecule has 3 aromatic rings. The molecule has 10 heteroatoms. The molecule has 2 amide bonds. The van der Waals surface area contributed by atoms with Gasteiger partial charge in [0.05, 0.1) is 0 Å². The van der Waals surface area contributed by atoms with Crippen molar-refractivity contribution in [3.63, 3.8) is 0 Å². The lowest BCUT2D eigenvalue weighted by Gasteiger charge is -2.30. The second-order valence-corrected chi connectivity index (χ2v) is 8.56. The second kappa shape index (κ2) is 9.40. The van der Waals surface area contributed by atoms with E-state index in [0.717, 1.165) is 10.2 Å². The molecule has 0 atom stereocenters. The van der Waals surface area contributed by atoms with Crippen LogP contribution >= 0.6 is 27.3 Å². The van der Waals surface area contributed by atoms with Gasteiger partial charge in [0.1, 0.15) is 23.6 Å². The van der Waals surface area contributed by atoms with Crippen molar-refractivity contribution < 1.29 is 18.7 Å². The van der Waals surface area contributed by atoms with Crippen molar-refractivity contribution in [2.24, 2.45) is 5.92 Å². The number of rotatable bonds is 6. The number of nitrogens with zero attached hydrogens (tertiary/aromatic N) is 3. The molecule has 0 spiro atoms. The second-order valence-electron chi connectivity index (χ2n) is 6.81. The van der Waals surface area contributed by atoms with Crippen molar-refractivity contribution in [1.29, 1.82) is 0 Å². The highest BCUT2D eigenvalue weighted by Gasteiger charge is 2.29. The SMILES string of the molecule is O=C(Nc1nncs1)C1CCN(C(=O)c2ccc(COc3ccc(Br)cc3)o2)CC1. The molecule has 0 unspecified atom stereocenters. The summed E-state index contributed by atoms with van der Waals surface area (Å²) in [5.41, 5.74) is 1.57. The summed E-state index contributed by atoms with van der Waals surface area (Å²) in [6.45, 7) is 1.24. The number of benzene rings is 1. The topological polar surface area (TPSA) is 97.6 Å². The summed E-state index contributed by atoms with van der Waals surface area (Å²) in [5, 5.41) is 10.8. The van der Waals surface area contributed by atoms with Gasteiger partial charge in [-0.15, -0.1) is 10.2 Å². The van der Waals surface area contributed by atoms with Crippen LogP contribution in [-0.2, 0) is 11.4 Å². The van der Waals surface area contributed by atoms with Crippen LogP contribution in [0.3, 0.4) is 0 Å². The number of anilines is 1. The van der Waals surface area contributed by atoms with E-state index in [2.05, 4.69) is 31.4 Å². The van der Waals surface area contributed by atoms with E-state index in [1.54, 1.807) is 22.5 Å². The molecule has 0 saturated carbocycles. The van der Waals surface area contributed by atoms with Crippen LogP contribution in [0.5, 0.6) is 5.75 Å². The molecule has 1 fully saturated rings. The van der Waals surface area contributed by atoms with Crippen molar-refractivity contribution in [2.75, 3.05) is 18.4 Å². The predicted molar refractivity (Wildman–Crippen MR) is 114 cm³/mol. The number of halogens is 1. The Morgan fingerprint density at radius 2 is 1.97 bits per heavy atom. The van der Waals surface area contributed by atoms with Crippen LogP contribution in [0.4, 0.5) is 5.13 Å². The Balaban J connectivity index is 1.27. The van der Waals surface area contributed by atoms with E-state index in [9.17, 15) is 9.59 Å². The number of piperidine rings is 1. The summed E-state index contributed by atoms with van der Waals surface area (Å²) in [6.07, 6.45) is 1.19. The molecule has 2 aromatic heterocycles. The van der Waals surface area contributed by atoms with Gasteiger partial charge in [0, 0.05) is 23.5 Å². The standard InChI is InChI=1S/C20H19BrN4O4S/c21-14-1-3-15(4-2-14)28-11-16-5-6-17(29-16)19(27)25-9-7-13(8-10-25)18(26)23-20-24-22-12-30-20/h1-6,12-13H,7-11H2,(H,23,24,26). The van der Waals surface area contributed by atoms with Crippen LogP contribution in [0, 0.1) is 5.92 Å². The third-order valence-corrected chi connectivity index (χ3v) is 5.95. The molecule has 1 N–H and O–H groups in total. The Labute approximate surface area is 185 Å². The Kier molecular flexibility index (Phi) is 6.44. The van der Waals surface area contributed by atoms with Gasteiger partial charge < -0.3 is 19.4 Å². The minimum absolute atomic E-state index is 0.0794. The van der Waals surface area contributed by atoms with E-state index in [4.69, 9.17) is 9.15 Å². The number of carbonyl (C=O) groups is 2. The summed E-state index contributed by atoms with van der Waals surface area (Å²) in [7, 11) is 0. The molecule has 0 radical (unpaired) electrons. The van der Waals surface area contributed by atoms with Crippen LogP contribution in [0.25, 0.3) is 0 Å². The van der Waals surface area contributed by atoms with E-state index in [1.807, 2.05) is 24.3 Å². The van der Waals surface area contributed by atoms with Gasteiger partial charge in [-0.1, -0.05) is 27.3 Å². The van der Waals surface area contributed by atoms with Gasteiger partial charge in [-0.25, -0.2) is 0 Å². The summed E-state index contributed by atoms with van der Waals surface area (Å²) >= 11 is 4.66. The molecule has 1 saturated heterocycles. The average Bonchev–Trinajstić information content (AvgIpc) is 3.45. The molecule has 30 heavy (non-hydrogen) atoms. The van der Waals surface area contributed by atoms with E-state index >= 15 is 0 Å². The maximum absolute atomic E-state index is 12.7. The third-order valence-electron chi connectivity index (χ3n) is 4.81. The first-order valence-corrected chi connectivity index (χ1v) is 11.1. The van der Waals surface area contributed by atoms with Crippen LogP contribution in [0.1, 0.15) is 29.2 Å². The average molecular weight is 491 g/mol. The largest absolute Gasteiger partial charge is 0.486 e. The number of hydrogen-bond donors (Lipinski definition) is 1. The number of hydrogen-bond acceptors (Lipinski definition) is 7. The fourth-order valence-electron chi connectivity index (χ4n) is 3.19. The number of nitrogens with one attached hydrogen (secondary N) is 1. The maximum Gasteiger partial charge on any atom is 0.289 e. The van der Waals surface area contributed by atoms with Crippen molar-refractivity contribution in [2.45, 2.75) is 19.4 Å². The minimum Gasteiger partial charge on any atom is -0.486 e. The zero-order valence-corrected chi connectivity index (χ0v) is 18.3. The van der Waals surface area contributed by atoms with Crippen molar-refractivity contribution in [3.8, 4) is 5.75 Å². The van der Waals surface area contributed by atoms with Gasteiger partial charge in [-0.3, -0.25) is 9.59 Å². The number of carbonyl (C=O) groups excluding carboxylic acids is 2. The van der Waals surface area contributed by atoms with E-state index in [-0.39, 0.29) is 30.1 Å². The maximum atomic E-state index is 12.7. The molecule has 1 aliphatic heterocycles. The van der Waals surface area contributed by atoms with Gasteiger partial charge in [0.15, 0.2) is 5.76 Å². The van der Waals surface area contributed by atoms with Gasteiger partial charge in [0.25, 0.3) is 5.91 Å². The quantitative estimate of drug-likeness (QED) is 0.561. The van der Waals surface area contributed by atoms with Gasteiger partial charge >= 0.3 is 0 Å². The summed E-state index contributed by atoms with van der Waals surface area (Å²) < 4.78 is 12.3. The Bertz CT molecular complexity index is 998. The molecule has 1 aliphatic rings. The van der Waals surface area contributed by atoms with Crippen LogP contribution < -0.4 is 10.1 Å². The number of furan rings is 1. The van der Waals surface area contributed by atoms with Gasteiger partial charge in [-0.05, 0) is 49.2 Å². The van der Waals surface area contributed by atoms with Gasteiger partial charge in [0.2, 0.25) is 11.0 Å². The molecule has 8 nitrogen and oxygen atoms in total. The lowest BCUT2D eigenvalue weighted by molar-refractivity contribution is -0.121. The Hall–Kier alpha value is -2.72. The number of aromatic nitrogens is 2. The predicted octanol–water partition coefficient (Wildman–Crippen LogP) is 3.96. The van der Waals surface area contributed by atoms with Crippen molar-refractivity contribution in [1.82, 2.24) is 15.1 Å². The normalized spacial score (nSPS) is 14.5. The molecular formula is C20H19BrN4O4S. The van der Waals surface area contributed by atoms with E-state index < -0.39 is 0 Å². The van der Waals surface area contributed by atoms with Crippen molar-refractivity contribution >= 4 is 44.2 Å². The van der Waals surface area contributed by atoms with Crippen molar-refractivity contribution in [3.05, 3.63) is 57.9 Å². The van der Waals surface area contributed by atoms with Crippen LogP contribution in [0.2, 0.25) is 0 Å². The molecule has 0 bridgehead atoms. The molecule has 1 aromatic carbocycles. The zero-order valence-electron chi connectivity index (χ0n) is 15.9. The Morgan fingerprint density at radius 1 is 1.20 bits per heavy atom. The fourth-order valence-corrected chi connectivity index (χ4v) is 3.90. The third kappa shape index (κ3) is 5.06. The summed E-state index contributed by atoms with van der Waals surface area (Å²) in [4.78, 5) is 26.8. The minimum atomic E-state index is -0.173. The monoisotopic (exact) mass is 490 g/mol. The first-order valence-electron chi connectivity index (χ1n) is 9.42. The number of amides is 2. The Morgan fingerprint density at radius 3 is 2.67 bits per heavy atom. The fraction of sp³-hybridized carbons (Fsp3) is 0.300. The lowest BCUT2D eigenvalue weighted by Crippen LogP contribution is -2.41. The first-order chi connectivity index (χ1) is 14.6. The molecule has 0 aliphatic carbocycles. The highest BCUT2D eigenvalue weighted by atomic mass is 79.9. The van der Waals surface area contributed by atoms with Gasteiger partial charge in [-0.2, -0.15) is 0 Å². The smallest absolute Gasteiger partial charge is 0.289 e.